The molecule has 5 nitrogen and oxygen atoms in total. The summed E-state index contributed by atoms with van der Waals surface area (Å²) >= 11 is 5.87. The summed E-state index contributed by atoms with van der Waals surface area (Å²) in [6.45, 7) is 1.79. The van der Waals surface area contributed by atoms with Crippen LogP contribution >= 0.6 is 11.6 Å². The molecular formula is C9H11ClN4O. The Hall–Kier alpha value is -1.75. The van der Waals surface area contributed by atoms with Crippen LogP contribution in [0.5, 0.6) is 0 Å². The van der Waals surface area contributed by atoms with Gasteiger partial charge >= 0.3 is 6.03 Å². The number of guanidine groups is 1. The van der Waals surface area contributed by atoms with Gasteiger partial charge < -0.3 is 16.8 Å². The van der Waals surface area contributed by atoms with Crippen molar-refractivity contribution in [3.8, 4) is 0 Å². The van der Waals surface area contributed by atoms with Crippen molar-refractivity contribution in [1.29, 1.82) is 0 Å². The van der Waals surface area contributed by atoms with Gasteiger partial charge in [-0.15, -0.1) is 0 Å². The van der Waals surface area contributed by atoms with E-state index in [1.807, 2.05) is 0 Å². The van der Waals surface area contributed by atoms with Crippen molar-refractivity contribution in [3.05, 3.63) is 28.8 Å². The average molecular weight is 227 g/mol. The number of amides is 2. The molecule has 0 aliphatic rings. The predicted molar refractivity (Wildman–Crippen MR) is 61.0 cm³/mol. The Labute approximate surface area is 92.1 Å². The van der Waals surface area contributed by atoms with Crippen molar-refractivity contribution < 1.29 is 4.79 Å². The van der Waals surface area contributed by atoms with E-state index in [4.69, 9.17) is 23.1 Å². The van der Waals surface area contributed by atoms with Crippen molar-refractivity contribution in [2.24, 2.45) is 16.5 Å². The number of nitrogens with two attached hydrogens (primary N) is 2. The van der Waals surface area contributed by atoms with Crippen LogP contribution in [0.3, 0.4) is 0 Å². The molecule has 0 radical (unpaired) electrons. The summed E-state index contributed by atoms with van der Waals surface area (Å²) in [6.07, 6.45) is 0. The molecule has 1 rings (SSSR count). The highest BCUT2D eigenvalue weighted by molar-refractivity contribution is 6.31. The van der Waals surface area contributed by atoms with Crippen molar-refractivity contribution in [1.82, 2.24) is 0 Å². The number of hydrogen-bond acceptors (Lipinski definition) is 1. The number of benzene rings is 1. The molecule has 0 heterocycles. The Morgan fingerprint density at radius 1 is 1.47 bits per heavy atom. The molecule has 2 amide bonds. The second-order valence-electron chi connectivity index (χ2n) is 2.88. The van der Waals surface area contributed by atoms with E-state index in [-0.39, 0.29) is 5.96 Å². The van der Waals surface area contributed by atoms with Crippen LogP contribution in [0, 0.1) is 6.92 Å². The topological polar surface area (TPSA) is 93.5 Å². The summed E-state index contributed by atoms with van der Waals surface area (Å²) in [5, 5.41) is 3.08. The van der Waals surface area contributed by atoms with Gasteiger partial charge in [-0.2, -0.15) is 4.99 Å². The van der Waals surface area contributed by atoms with Gasteiger partial charge in [-0.3, -0.25) is 0 Å². The minimum atomic E-state index is -0.625. The van der Waals surface area contributed by atoms with Gasteiger partial charge in [-0.05, 0) is 24.6 Å². The molecule has 6 heteroatoms. The Morgan fingerprint density at radius 3 is 2.73 bits per heavy atom. The SMILES string of the molecule is Cc1c(Cl)cccc1NC(=O)N=C(N)N. The summed E-state index contributed by atoms with van der Waals surface area (Å²) in [5.74, 6) is -0.285. The van der Waals surface area contributed by atoms with Gasteiger partial charge in [-0.25, -0.2) is 4.79 Å². The van der Waals surface area contributed by atoms with Gasteiger partial charge in [0, 0.05) is 10.7 Å². The van der Waals surface area contributed by atoms with Gasteiger partial charge in [0.25, 0.3) is 0 Å². The van der Waals surface area contributed by atoms with Crippen LogP contribution in [0.15, 0.2) is 23.2 Å². The fourth-order valence-corrected chi connectivity index (χ4v) is 1.18. The maximum atomic E-state index is 11.2. The highest BCUT2D eigenvalue weighted by atomic mass is 35.5. The summed E-state index contributed by atoms with van der Waals surface area (Å²) in [6, 6.07) is 4.54. The lowest BCUT2D eigenvalue weighted by molar-refractivity contribution is 0.259. The summed E-state index contributed by atoms with van der Waals surface area (Å²) < 4.78 is 0. The maximum Gasteiger partial charge on any atom is 0.348 e. The minimum Gasteiger partial charge on any atom is -0.370 e. The van der Waals surface area contributed by atoms with Crippen LogP contribution in [-0.2, 0) is 0 Å². The second-order valence-corrected chi connectivity index (χ2v) is 3.29. The van der Waals surface area contributed by atoms with Gasteiger partial charge in [0.2, 0.25) is 0 Å². The smallest absolute Gasteiger partial charge is 0.348 e. The normalized spacial score (nSPS) is 9.47. The number of nitrogens with one attached hydrogen (secondary N) is 1. The molecule has 80 valence electrons. The molecule has 0 saturated carbocycles. The zero-order valence-corrected chi connectivity index (χ0v) is 8.88. The number of hydrogen-bond donors (Lipinski definition) is 3. The molecule has 1 aromatic rings. The lowest BCUT2D eigenvalue weighted by atomic mass is 10.2. The van der Waals surface area contributed by atoms with E-state index < -0.39 is 6.03 Å². The molecule has 0 aromatic heterocycles. The average Bonchev–Trinajstić information content (AvgIpc) is 2.11. The molecule has 0 unspecified atom stereocenters. The van der Waals surface area contributed by atoms with Gasteiger partial charge in [0.15, 0.2) is 5.96 Å². The van der Waals surface area contributed by atoms with Gasteiger partial charge in [0.05, 0.1) is 0 Å². The van der Waals surface area contributed by atoms with E-state index in [0.29, 0.717) is 10.7 Å². The monoisotopic (exact) mass is 226 g/mol. The zero-order chi connectivity index (χ0) is 11.4. The Balaban J connectivity index is 2.86. The zero-order valence-electron chi connectivity index (χ0n) is 8.12. The van der Waals surface area contributed by atoms with E-state index in [1.54, 1.807) is 25.1 Å². The number of nitrogens with zero attached hydrogens (tertiary/aromatic N) is 1. The Kier molecular flexibility index (Phi) is 3.51. The van der Waals surface area contributed by atoms with E-state index in [0.717, 1.165) is 5.56 Å². The van der Waals surface area contributed by atoms with Crippen LogP contribution < -0.4 is 16.8 Å². The van der Waals surface area contributed by atoms with Crippen molar-refractivity contribution in [2.75, 3.05) is 5.32 Å². The molecule has 0 saturated heterocycles. The Morgan fingerprint density at radius 2 is 2.13 bits per heavy atom. The highest BCUT2D eigenvalue weighted by Crippen LogP contribution is 2.22. The number of anilines is 1. The first-order valence-electron chi connectivity index (χ1n) is 4.16. The first-order chi connectivity index (χ1) is 7.00. The standard InChI is InChI=1S/C9H11ClN4O/c1-5-6(10)3-2-4-7(5)13-9(15)14-8(11)12/h2-4H,1H3,(H5,11,12,13,14,15). The lowest BCUT2D eigenvalue weighted by Gasteiger charge is -2.06. The quantitative estimate of drug-likeness (QED) is 0.500. The van der Waals surface area contributed by atoms with Crippen molar-refractivity contribution >= 4 is 29.3 Å². The largest absolute Gasteiger partial charge is 0.370 e. The number of aliphatic imine (C=N–C) groups is 1. The second kappa shape index (κ2) is 4.65. The van der Waals surface area contributed by atoms with Gasteiger partial charge in [0.1, 0.15) is 0 Å². The van der Waals surface area contributed by atoms with Crippen LogP contribution in [0.4, 0.5) is 10.5 Å². The first-order valence-corrected chi connectivity index (χ1v) is 4.54. The molecule has 5 N–H and O–H groups in total. The number of carbonyl (C=O) groups is 1. The molecule has 0 atom stereocenters. The third-order valence-electron chi connectivity index (χ3n) is 1.74. The molecule has 0 fully saturated rings. The fraction of sp³-hybridized carbons (Fsp3) is 0.111. The van der Waals surface area contributed by atoms with E-state index in [2.05, 4.69) is 10.3 Å². The Bertz CT molecular complexity index is 413. The minimum absolute atomic E-state index is 0.285. The van der Waals surface area contributed by atoms with Crippen LogP contribution in [0.2, 0.25) is 5.02 Å². The molecule has 0 aliphatic carbocycles. The predicted octanol–water partition coefficient (Wildman–Crippen LogP) is 1.45. The van der Waals surface area contributed by atoms with Crippen LogP contribution in [0.1, 0.15) is 5.56 Å². The fourth-order valence-electron chi connectivity index (χ4n) is 1.00. The molecule has 1 aromatic carbocycles. The van der Waals surface area contributed by atoms with Crippen LogP contribution in [-0.4, -0.2) is 12.0 Å². The van der Waals surface area contributed by atoms with Crippen LogP contribution in [0.25, 0.3) is 0 Å². The molecule has 15 heavy (non-hydrogen) atoms. The van der Waals surface area contributed by atoms with Crippen molar-refractivity contribution in [2.45, 2.75) is 6.92 Å². The molecule has 0 spiro atoms. The molecule has 0 aliphatic heterocycles. The summed E-state index contributed by atoms with van der Waals surface area (Å²) in [7, 11) is 0. The summed E-state index contributed by atoms with van der Waals surface area (Å²) in [4.78, 5) is 14.5. The molecule has 0 bridgehead atoms. The highest BCUT2D eigenvalue weighted by Gasteiger charge is 2.05. The van der Waals surface area contributed by atoms with Gasteiger partial charge in [-0.1, -0.05) is 17.7 Å². The number of urea groups is 1. The lowest BCUT2D eigenvalue weighted by Crippen LogP contribution is -2.25. The summed E-state index contributed by atoms with van der Waals surface area (Å²) in [5.41, 5.74) is 11.5. The van der Waals surface area contributed by atoms with E-state index in [9.17, 15) is 4.79 Å². The number of rotatable bonds is 1. The van der Waals surface area contributed by atoms with Crippen molar-refractivity contribution in [3.63, 3.8) is 0 Å². The third-order valence-corrected chi connectivity index (χ3v) is 2.15. The third kappa shape index (κ3) is 3.14. The maximum absolute atomic E-state index is 11.2. The number of carbonyl (C=O) groups excluding carboxylic acids is 1. The number of halogens is 1. The van der Waals surface area contributed by atoms with E-state index >= 15 is 0 Å². The molecular weight excluding hydrogens is 216 g/mol. The first kappa shape index (κ1) is 11.3. The van der Waals surface area contributed by atoms with E-state index in [1.165, 1.54) is 0 Å².